The summed E-state index contributed by atoms with van der Waals surface area (Å²) in [6.07, 6.45) is 0.359. The lowest BCUT2D eigenvalue weighted by molar-refractivity contribution is -0.135. The summed E-state index contributed by atoms with van der Waals surface area (Å²) < 4.78 is 38.1. The van der Waals surface area contributed by atoms with Gasteiger partial charge in [0.2, 0.25) is 5.91 Å². The van der Waals surface area contributed by atoms with Crippen LogP contribution in [0.4, 0.5) is 4.39 Å². The van der Waals surface area contributed by atoms with Gasteiger partial charge in [0.25, 0.3) is 0 Å². The molecule has 162 valence electrons. The van der Waals surface area contributed by atoms with E-state index in [0.29, 0.717) is 22.8 Å². The number of benzene rings is 2. The number of rotatable bonds is 6. The zero-order chi connectivity index (χ0) is 22.1. The minimum absolute atomic E-state index is 0.0598. The second kappa shape index (κ2) is 9.10. The smallest absolute Gasteiger partial charge is 0.226 e. The van der Waals surface area contributed by atoms with Crippen molar-refractivity contribution < 1.29 is 17.6 Å². The van der Waals surface area contributed by atoms with Crippen molar-refractivity contribution in [3.8, 4) is 0 Å². The van der Waals surface area contributed by atoms with Gasteiger partial charge in [-0.25, -0.2) is 12.8 Å². The molecule has 0 aliphatic carbocycles. The lowest BCUT2D eigenvalue weighted by Crippen LogP contribution is -2.35. The molecule has 0 aromatic heterocycles. The van der Waals surface area contributed by atoms with Crippen LogP contribution in [0.15, 0.2) is 52.3 Å². The van der Waals surface area contributed by atoms with E-state index in [1.165, 1.54) is 28.3 Å². The standard InChI is InChI=1S/C23H28FNO3S2/c1-15(2)17-5-8-20(9-6-17)29-22-10-7-18(13-21(22)24)16(3)25(4)23(26)19-11-12-30(27,28)14-19/h5-10,13,15-16,19H,11-12,14H2,1-4H3/t16-,19+/m1/s1. The number of hydrogen-bond acceptors (Lipinski definition) is 4. The lowest BCUT2D eigenvalue weighted by atomic mass is 10.0. The molecular formula is C23H28FNO3S2. The van der Waals surface area contributed by atoms with Crippen molar-refractivity contribution in [1.82, 2.24) is 4.90 Å². The van der Waals surface area contributed by atoms with Crippen LogP contribution < -0.4 is 0 Å². The molecule has 4 nitrogen and oxygen atoms in total. The number of sulfone groups is 1. The maximum absolute atomic E-state index is 14.8. The van der Waals surface area contributed by atoms with Crippen LogP contribution >= 0.6 is 11.8 Å². The molecule has 1 fully saturated rings. The molecule has 1 aliphatic rings. The fourth-order valence-corrected chi connectivity index (χ4v) is 6.15. The third-order valence-corrected chi connectivity index (χ3v) is 8.55. The summed E-state index contributed by atoms with van der Waals surface area (Å²) >= 11 is 1.37. The molecule has 2 aromatic carbocycles. The normalized spacial score (nSPS) is 19.1. The fourth-order valence-electron chi connectivity index (χ4n) is 3.60. The minimum atomic E-state index is -3.12. The van der Waals surface area contributed by atoms with Crippen molar-refractivity contribution in [2.45, 2.75) is 48.9 Å². The quantitative estimate of drug-likeness (QED) is 0.619. The van der Waals surface area contributed by atoms with Crippen LogP contribution in [0.2, 0.25) is 0 Å². The first-order chi connectivity index (χ1) is 14.1. The van der Waals surface area contributed by atoms with Gasteiger partial charge in [-0.15, -0.1) is 0 Å². The van der Waals surface area contributed by atoms with Crippen molar-refractivity contribution in [1.29, 1.82) is 0 Å². The molecule has 0 radical (unpaired) electrons. The summed E-state index contributed by atoms with van der Waals surface area (Å²) in [5, 5.41) is 0. The molecule has 0 saturated carbocycles. The Balaban J connectivity index is 1.70. The summed E-state index contributed by atoms with van der Waals surface area (Å²) in [6, 6.07) is 12.8. The average molecular weight is 450 g/mol. The largest absolute Gasteiger partial charge is 0.339 e. The summed E-state index contributed by atoms with van der Waals surface area (Å²) in [6.45, 7) is 6.10. The molecule has 0 unspecified atom stereocenters. The Labute approximate surface area is 182 Å². The van der Waals surface area contributed by atoms with Crippen molar-refractivity contribution in [3.63, 3.8) is 0 Å². The zero-order valence-corrected chi connectivity index (χ0v) is 19.4. The van der Waals surface area contributed by atoms with E-state index < -0.39 is 15.8 Å². The maximum atomic E-state index is 14.8. The molecule has 1 amide bonds. The Hall–Kier alpha value is -1.86. The van der Waals surface area contributed by atoms with E-state index in [-0.39, 0.29) is 29.3 Å². The van der Waals surface area contributed by atoms with Gasteiger partial charge in [-0.05, 0) is 54.7 Å². The number of nitrogens with zero attached hydrogens (tertiary/aromatic N) is 1. The van der Waals surface area contributed by atoms with Crippen LogP contribution in [0.3, 0.4) is 0 Å². The highest BCUT2D eigenvalue weighted by molar-refractivity contribution is 7.99. The third kappa shape index (κ3) is 5.24. The Morgan fingerprint density at radius 1 is 1.10 bits per heavy atom. The van der Waals surface area contributed by atoms with E-state index >= 15 is 0 Å². The summed E-state index contributed by atoms with van der Waals surface area (Å²) in [4.78, 5) is 15.7. The predicted molar refractivity (Wildman–Crippen MR) is 119 cm³/mol. The fraction of sp³-hybridized carbons (Fsp3) is 0.435. The van der Waals surface area contributed by atoms with Crippen molar-refractivity contribution in [2.75, 3.05) is 18.6 Å². The SMILES string of the molecule is CC(C)c1ccc(Sc2ccc([C@@H](C)N(C)C(=O)[C@H]3CCS(=O)(=O)C3)cc2F)cc1. The highest BCUT2D eigenvalue weighted by Crippen LogP contribution is 2.33. The molecule has 2 atom stereocenters. The van der Waals surface area contributed by atoms with Crippen molar-refractivity contribution >= 4 is 27.5 Å². The van der Waals surface area contributed by atoms with Gasteiger partial charge < -0.3 is 4.90 Å². The Morgan fingerprint density at radius 3 is 2.27 bits per heavy atom. The monoisotopic (exact) mass is 449 g/mol. The second-order valence-electron chi connectivity index (χ2n) is 8.24. The molecule has 0 bridgehead atoms. The number of carbonyl (C=O) groups excluding carboxylic acids is 1. The number of amides is 1. The van der Waals surface area contributed by atoms with Gasteiger partial charge in [0, 0.05) is 16.8 Å². The van der Waals surface area contributed by atoms with Gasteiger partial charge in [-0.1, -0.05) is 43.8 Å². The van der Waals surface area contributed by atoms with Gasteiger partial charge >= 0.3 is 0 Å². The van der Waals surface area contributed by atoms with E-state index in [9.17, 15) is 17.6 Å². The maximum Gasteiger partial charge on any atom is 0.226 e. The number of carbonyl (C=O) groups is 1. The van der Waals surface area contributed by atoms with E-state index in [1.807, 2.05) is 25.1 Å². The molecule has 30 heavy (non-hydrogen) atoms. The Kier molecular flexibility index (Phi) is 6.92. The first-order valence-corrected chi connectivity index (χ1v) is 12.8. The van der Waals surface area contributed by atoms with Crippen molar-refractivity contribution in [2.24, 2.45) is 5.92 Å². The van der Waals surface area contributed by atoms with Gasteiger partial charge in [0.15, 0.2) is 9.84 Å². The summed E-state index contributed by atoms with van der Waals surface area (Å²) in [5.41, 5.74) is 1.93. The van der Waals surface area contributed by atoms with E-state index in [4.69, 9.17) is 0 Å². The van der Waals surface area contributed by atoms with Crippen LogP contribution in [0.5, 0.6) is 0 Å². The summed E-state index contributed by atoms with van der Waals surface area (Å²) in [5.74, 6) is -0.622. The molecule has 1 heterocycles. The van der Waals surface area contributed by atoms with Crippen LogP contribution in [-0.2, 0) is 14.6 Å². The molecule has 3 rings (SSSR count). The minimum Gasteiger partial charge on any atom is -0.339 e. The van der Waals surface area contributed by atoms with E-state index in [0.717, 1.165) is 4.90 Å². The van der Waals surface area contributed by atoms with Crippen LogP contribution in [0.25, 0.3) is 0 Å². The average Bonchev–Trinajstić information content (AvgIpc) is 3.08. The van der Waals surface area contributed by atoms with Gasteiger partial charge in [0.05, 0.1) is 23.5 Å². The lowest BCUT2D eigenvalue weighted by Gasteiger charge is -2.27. The third-order valence-electron chi connectivity index (χ3n) is 5.72. The van der Waals surface area contributed by atoms with Crippen molar-refractivity contribution in [3.05, 3.63) is 59.4 Å². The van der Waals surface area contributed by atoms with Gasteiger partial charge in [0.1, 0.15) is 5.82 Å². The first kappa shape index (κ1) is 22.8. The first-order valence-electron chi connectivity index (χ1n) is 10.1. The van der Waals surface area contributed by atoms with Crippen LogP contribution in [-0.4, -0.2) is 37.8 Å². The number of hydrogen-bond donors (Lipinski definition) is 0. The topological polar surface area (TPSA) is 54.5 Å². The highest BCUT2D eigenvalue weighted by atomic mass is 32.2. The molecule has 1 saturated heterocycles. The van der Waals surface area contributed by atoms with Gasteiger partial charge in [-0.3, -0.25) is 4.79 Å². The van der Waals surface area contributed by atoms with Gasteiger partial charge in [-0.2, -0.15) is 0 Å². The van der Waals surface area contributed by atoms with E-state index in [1.54, 1.807) is 13.1 Å². The molecule has 7 heteroatoms. The summed E-state index contributed by atoms with van der Waals surface area (Å²) in [7, 11) is -1.48. The molecule has 0 spiro atoms. The second-order valence-corrected chi connectivity index (χ2v) is 11.6. The zero-order valence-electron chi connectivity index (χ0n) is 17.8. The molecule has 2 aromatic rings. The van der Waals surface area contributed by atoms with Crippen LogP contribution in [0, 0.1) is 11.7 Å². The Morgan fingerprint density at radius 2 is 1.73 bits per heavy atom. The molecule has 1 aliphatic heterocycles. The van der Waals surface area contributed by atoms with E-state index in [2.05, 4.69) is 26.0 Å². The Bertz CT molecular complexity index is 1020. The van der Waals surface area contributed by atoms with Crippen LogP contribution in [0.1, 0.15) is 50.3 Å². The molecule has 0 N–H and O–H groups in total. The highest BCUT2D eigenvalue weighted by Gasteiger charge is 2.35. The predicted octanol–water partition coefficient (Wildman–Crippen LogP) is 5.05. The molecular weight excluding hydrogens is 421 g/mol. The number of halogens is 1.